The molecule has 0 saturated carbocycles. The number of alkyl halides is 1. The Morgan fingerprint density at radius 3 is 2.75 bits per heavy atom. The fraction of sp³-hybridized carbons (Fsp3) is 0.607. The second-order valence-corrected chi connectivity index (χ2v) is 11.5. The lowest BCUT2D eigenvalue weighted by Gasteiger charge is -2.41. The summed E-state index contributed by atoms with van der Waals surface area (Å²) in [6.07, 6.45) is 5.25. The van der Waals surface area contributed by atoms with Crippen molar-refractivity contribution in [2.45, 2.75) is 76.9 Å². The molecule has 1 N–H and O–H groups in total. The van der Waals surface area contributed by atoms with E-state index in [0.717, 1.165) is 43.7 Å². The van der Waals surface area contributed by atoms with Crippen molar-refractivity contribution in [3.63, 3.8) is 0 Å². The Labute approximate surface area is 213 Å². The molecule has 0 radical (unpaired) electrons. The molecule has 2 aromatic rings. The minimum atomic E-state index is -0.512. The Morgan fingerprint density at radius 1 is 1.25 bits per heavy atom. The summed E-state index contributed by atoms with van der Waals surface area (Å²) in [7, 11) is 0. The van der Waals surface area contributed by atoms with E-state index >= 15 is 0 Å². The number of halogens is 1. The number of nitrogens with one attached hydrogen (secondary N) is 1. The van der Waals surface area contributed by atoms with Crippen LogP contribution in [0.2, 0.25) is 0 Å². The van der Waals surface area contributed by atoms with Crippen LogP contribution in [0.1, 0.15) is 75.3 Å². The molecule has 1 aliphatic carbocycles. The molecule has 1 atom stereocenters. The summed E-state index contributed by atoms with van der Waals surface area (Å²) in [5, 5.41) is 3.26. The summed E-state index contributed by atoms with van der Waals surface area (Å²) in [5.41, 5.74) is 5.51. The van der Waals surface area contributed by atoms with Crippen molar-refractivity contribution < 1.29 is 13.9 Å². The van der Waals surface area contributed by atoms with Crippen LogP contribution in [-0.4, -0.2) is 59.4 Å². The fourth-order valence-corrected chi connectivity index (χ4v) is 6.21. The van der Waals surface area contributed by atoms with E-state index in [-0.39, 0.29) is 18.2 Å². The van der Waals surface area contributed by atoms with E-state index in [2.05, 4.69) is 40.3 Å². The second kappa shape index (κ2) is 9.61. The van der Waals surface area contributed by atoms with Gasteiger partial charge in [0, 0.05) is 55.1 Å². The van der Waals surface area contributed by atoms with Crippen molar-refractivity contribution >= 4 is 17.6 Å². The summed E-state index contributed by atoms with van der Waals surface area (Å²) in [6, 6.07) is 6.44. The van der Waals surface area contributed by atoms with Gasteiger partial charge in [-0.25, -0.2) is 19.2 Å². The highest BCUT2D eigenvalue weighted by Crippen LogP contribution is 2.52. The number of nitrogens with zero attached hydrogens (tertiary/aromatic N) is 4. The molecular formula is C28H38FN5O2. The third-order valence-corrected chi connectivity index (χ3v) is 7.88. The highest BCUT2D eigenvalue weighted by molar-refractivity contribution is 5.75. The molecule has 194 valence electrons. The smallest absolute Gasteiger partial charge is 0.410 e. The van der Waals surface area contributed by atoms with E-state index in [9.17, 15) is 9.18 Å². The van der Waals surface area contributed by atoms with Crippen molar-refractivity contribution in [3.8, 4) is 0 Å². The predicted octanol–water partition coefficient (Wildman–Crippen LogP) is 5.01. The van der Waals surface area contributed by atoms with Crippen molar-refractivity contribution in [1.29, 1.82) is 0 Å². The first-order valence-electron chi connectivity index (χ1n) is 13.2. The maximum atomic E-state index is 12.9. The van der Waals surface area contributed by atoms with Crippen LogP contribution in [0.3, 0.4) is 0 Å². The monoisotopic (exact) mass is 495 g/mol. The fourth-order valence-electron chi connectivity index (χ4n) is 6.21. The van der Waals surface area contributed by atoms with Crippen molar-refractivity contribution in [2.75, 3.05) is 37.8 Å². The first-order valence-corrected chi connectivity index (χ1v) is 13.2. The first-order chi connectivity index (χ1) is 17.2. The normalized spacial score (nSPS) is 20.5. The maximum absolute atomic E-state index is 12.9. The largest absolute Gasteiger partial charge is 0.444 e. The molecule has 3 aliphatic rings. The summed E-state index contributed by atoms with van der Waals surface area (Å²) in [5.74, 6) is 1.45. The van der Waals surface area contributed by atoms with Gasteiger partial charge in [0.2, 0.25) is 0 Å². The molecule has 3 heterocycles. The lowest BCUT2D eigenvalue weighted by molar-refractivity contribution is 0.0170. The van der Waals surface area contributed by atoms with Gasteiger partial charge in [0.25, 0.3) is 0 Å². The Bertz CT molecular complexity index is 1120. The number of fused-ring (bicyclic) bond motifs is 3. The Morgan fingerprint density at radius 2 is 2.03 bits per heavy atom. The summed E-state index contributed by atoms with van der Waals surface area (Å²) < 4.78 is 18.5. The molecule has 1 fully saturated rings. The molecule has 1 aromatic carbocycles. The molecule has 8 heteroatoms. The molecule has 2 aliphatic heterocycles. The molecule has 7 nitrogen and oxygen atoms in total. The van der Waals surface area contributed by atoms with Gasteiger partial charge in [-0.05, 0) is 69.6 Å². The van der Waals surface area contributed by atoms with Gasteiger partial charge in [-0.15, -0.1) is 0 Å². The summed E-state index contributed by atoms with van der Waals surface area (Å²) >= 11 is 0. The van der Waals surface area contributed by atoms with Crippen LogP contribution in [0.15, 0.2) is 24.5 Å². The van der Waals surface area contributed by atoms with Crippen LogP contribution in [0.5, 0.6) is 0 Å². The molecule has 0 bridgehead atoms. The lowest BCUT2D eigenvalue weighted by atomic mass is 9.72. The van der Waals surface area contributed by atoms with Gasteiger partial charge in [-0.2, -0.15) is 0 Å². The van der Waals surface area contributed by atoms with Gasteiger partial charge < -0.3 is 19.9 Å². The minimum Gasteiger partial charge on any atom is -0.444 e. The van der Waals surface area contributed by atoms with Gasteiger partial charge in [-0.3, -0.25) is 0 Å². The van der Waals surface area contributed by atoms with Crippen molar-refractivity contribution in [3.05, 3.63) is 46.9 Å². The average Bonchev–Trinajstić information content (AvgIpc) is 3.38. The van der Waals surface area contributed by atoms with Gasteiger partial charge in [0.05, 0.1) is 0 Å². The van der Waals surface area contributed by atoms with Crippen LogP contribution in [0.4, 0.5) is 20.7 Å². The molecule has 5 rings (SSSR count). The number of piperidine rings is 1. The van der Waals surface area contributed by atoms with Crippen LogP contribution in [-0.2, 0) is 23.1 Å². The predicted molar refractivity (Wildman–Crippen MR) is 139 cm³/mol. The molecule has 1 saturated heterocycles. The Hall–Kier alpha value is -2.74. The quantitative estimate of drug-likeness (QED) is 0.589. The van der Waals surface area contributed by atoms with Crippen LogP contribution < -0.4 is 10.2 Å². The third-order valence-electron chi connectivity index (χ3n) is 7.88. The Balaban J connectivity index is 1.50. The number of aromatic nitrogens is 2. The number of ether oxygens (including phenoxy) is 1. The van der Waals surface area contributed by atoms with E-state index in [4.69, 9.17) is 9.72 Å². The number of carbonyl (C=O) groups is 1. The number of carbonyl (C=O) groups excluding carboxylic acids is 1. The number of anilines is 2. The van der Waals surface area contributed by atoms with E-state index in [0.29, 0.717) is 32.1 Å². The molecule has 1 aromatic heterocycles. The van der Waals surface area contributed by atoms with Crippen LogP contribution in [0, 0.1) is 0 Å². The van der Waals surface area contributed by atoms with Gasteiger partial charge >= 0.3 is 6.09 Å². The number of rotatable bonds is 5. The molecular weight excluding hydrogens is 457 g/mol. The summed E-state index contributed by atoms with van der Waals surface area (Å²) in [4.78, 5) is 26.4. The number of likely N-dealkylation sites (tertiary alicyclic amines) is 1. The van der Waals surface area contributed by atoms with E-state index in [1.165, 1.54) is 22.4 Å². The molecule has 36 heavy (non-hydrogen) atoms. The summed E-state index contributed by atoms with van der Waals surface area (Å²) in [6.45, 7) is 10.7. The van der Waals surface area contributed by atoms with Gasteiger partial charge in [0.15, 0.2) is 0 Å². The van der Waals surface area contributed by atoms with Crippen LogP contribution in [0.25, 0.3) is 0 Å². The molecule has 1 spiro atoms. The first kappa shape index (κ1) is 24.9. The SMILES string of the molecule is CC1CCc2ncnc(N3CC4(CCN(C(=O)OC(C)(C)C)CC4)c4c(CNCCF)cccc43)c21. The van der Waals surface area contributed by atoms with E-state index in [1.54, 1.807) is 6.33 Å². The number of hydrogen-bond acceptors (Lipinski definition) is 6. The van der Waals surface area contributed by atoms with Gasteiger partial charge in [-0.1, -0.05) is 19.1 Å². The number of hydrogen-bond donors (Lipinski definition) is 1. The zero-order valence-electron chi connectivity index (χ0n) is 21.9. The zero-order valence-corrected chi connectivity index (χ0v) is 21.9. The average molecular weight is 496 g/mol. The molecule has 1 amide bonds. The van der Waals surface area contributed by atoms with Crippen molar-refractivity contribution in [2.24, 2.45) is 0 Å². The number of aryl methyl sites for hydroxylation is 1. The van der Waals surface area contributed by atoms with E-state index < -0.39 is 5.60 Å². The van der Waals surface area contributed by atoms with Crippen LogP contribution >= 0.6 is 0 Å². The molecule has 1 unspecified atom stereocenters. The Kier molecular flexibility index (Phi) is 6.66. The highest BCUT2D eigenvalue weighted by atomic mass is 19.1. The number of benzene rings is 1. The maximum Gasteiger partial charge on any atom is 0.410 e. The second-order valence-electron chi connectivity index (χ2n) is 11.5. The highest BCUT2D eigenvalue weighted by Gasteiger charge is 2.48. The third kappa shape index (κ3) is 4.56. The van der Waals surface area contributed by atoms with Crippen molar-refractivity contribution in [1.82, 2.24) is 20.2 Å². The number of amides is 1. The topological polar surface area (TPSA) is 70.6 Å². The van der Waals surface area contributed by atoms with Gasteiger partial charge in [0.1, 0.15) is 24.4 Å². The zero-order chi connectivity index (χ0) is 25.5. The lowest BCUT2D eigenvalue weighted by Crippen LogP contribution is -2.48. The minimum absolute atomic E-state index is 0.110. The van der Waals surface area contributed by atoms with E-state index in [1.807, 2.05) is 25.7 Å². The standard InChI is InChI=1S/C28H38FN5O2/c1-19-8-9-21-23(19)25(32-18-31-21)34-17-28(10-14-33(15-11-28)26(35)36-27(2,3)4)24-20(16-30-13-12-29)6-5-7-22(24)34/h5-7,18-19,30H,8-17H2,1-4H3.